The van der Waals surface area contributed by atoms with Gasteiger partial charge >= 0.3 is 0 Å². The predicted octanol–water partition coefficient (Wildman–Crippen LogP) is 3.27. The van der Waals surface area contributed by atoms with E-state index >= 15 is 0 Å². The molecule has 0 aromatic heterocycles. The van der Waals surface area contributed by atoms with E-state index in [9.17, 15) is 8.42 Å². The minimum absolute atomic E-state index is 0.367. The third kappa shape index (κ3) is 4.01. The highest BCUT2D eigenvalue weighted by molar-refractivity contribution is 7.92. The molecule has 6 heteroatoms. The lowest BCUT2D eigenvalue weighted by Gasteiger charge is -2.31. The molecule has 2 fully saturated rings. The number of anilines is 1. The van der Waals surface area contributed by atoms with Crippen molar-refractivity contribution >= 4 is 15.7 Å². The Hall–Kier alpha value is -1.89. The molecule has 2 aliphatic heterocycles. The highest BCUT2D eigenvalue weighted by Crippen LogP contribution is 2.43. The van der Waals surface area contributed by atoms with Crippen LogP contribution >= 0.6 is 0 Å². The smallest absolute Gasteiger partial charge is 0.264 e. The van der Waals surface area contributed by atoms with Gasteiger partial charge in [-0.2, -0.15) is 0 Å². The molecular weight excluding hydrogens is 394 g/mol. The normalized spacial score (nSPS) is 24.5. The molecular formula is C24H31N3O2S. The standard InChI is InChI=1S/C24H31N3O2S/c28-30(29,21-6-2-1-3-7-21)27-14-4-5-20-15-19(8-9-24(20)27)22-16-23(22)26-17-18-10-12-25-13-11-18/h1-3,6-9,15,18,22-23,25-26H,4-5,10-14,16-17H2. The Kier molecular flexibility index (Phi) is 5.56. The first-order valence-electron chi connectivity index (χ1n) is 11.3. The van der Waals surface area contributed by atoms with Crippen molar-refractivity contribution in [2.75, 3.05) is 30.5 Å². The van der Waals surface area contributed by atoms with E-state index < -0.39 is 10.0 Å². The van der Waals surface area contributed by atoms with E-state index in [1.807, 2.05) is 12.1 Å². The summed E-state index contributed by atoms with van der Waals surface area (Å²) in [6.07, 6.45) is 5.55. The molecule has 2 aromatic rings. The summed E-state index contributed by atoms with van der Waals surface area (Å²) in [5, 5.41) is 7.21. The van der Waals surface area contributed by atoms with Gasteiger partial charge in [-0.05, 0) is 87.0 Å². The second-order valence-corrected chi connectivity index (χ2v) is 10.8. The monoisotopic (exact) mass is 425 g/mol. The number of rotatable bonds is 6. The molecule has 0 bridgehead atoms. The molecule has 2 unspecified atom stereocenters. The second-order valence-electron chi connectivity index (χ2n) is 8.93. The van der Waals surface area contributed by atoms with Crippen molar-refractivity contribution in [2.24, 2.45) is 5.92 Å². The Bertz CT molecular complexity index is 987. The van der Waals surface area contributed by atoms with E-state index in [-0.39, 0.29) is 0 Å². The van der Waals surface area contributed by atoms with Crippen molar-refractivity contribution in [2.45, 2.75) is 49.0 Å². The molecule has 30 heavy (non-hydrogen) atoms. The molecule has 1 saturated heterocycles. The summed E-state index contributed by atoms with van der Waals surface area (Å²) in [7, 11) is -3.51. The quantitative estimate of drug-likeness (QED) is 0.746. The SMILES string of the molecule is O=S(=O)(c1ccccc1)N1CCCc2cc(C3CC3NCC3CCNCC3)ccc21. The van der Waals surface area contributed by atoms with Crippen molar-refractivity contribution in [1.82, 2.24) is 10.6 Å². The minimum atomic E-state index is -3.51. The maximum absolute atomic E-state index is 13.2. The maximum Gasteiger partial charge on any atom is 0.264 e. The van der Waals surface area contributed by atoms with Gasteiger partial charge in [-0.25, -0.2) is 8.42 Å². The van der Waals surface area contributed by atoms with Crippen LogP contribution in [-0.2, 0) is 16.4 Å². The molecule has 2 aromatic carbocycles. The number of fused-ring (bicyclic) bond motifs is 1. The van der Waals surface area contributed by atoms with Crippen LogP contribution < -0.4 is 14.9 Å². The van der Waals surface area contributed by atoms with Crippen LogP contribution in [-0.4, -0.2) is 40.6 Å². The van der Waals surface area contributed by atoms with Crippen LogP contribution in [0.3, 0.4) is 0 Å². The summed E-state index contributed by atoms with van der Waals surface area (Å²) >= 11 is 0. The lowest BCUT2D eigenvalue weighted by atomic mass is 9.97. The number of benzene rings is 2. The first kappa shape index (κ1) is 20.0. The fourth-order valence-corrected chi connectivity index (χ4v) is 6.54. The molecule has 1 aliphatic carbocycles. The van der Waals surface area contributed by atoms with Crippen molar-refractivity contribution in [3.05, 3.63) is 59.7 Å². The van der Waals surface area contributed by atoms with Crippen molar-refractivity contribution in [1.29, 1.82) is 0 Å². The first-order chi connectivity index (χ1) is 14.6. The minimum Gasteiger partial charge on any atom is -0.317 e. The molecule has 160 valence electrons. The van der Waals surface area contributed by atoms with E-state index in [0.29, 0.717) is 23.4 Å². The van der Waals surface area contributed by atoms with Gasteiger partial charge in [0, 0.05) is 18.5 Å². The van der Waals surface area contributed by atoms with Gasteiger partial charge in [-0.3, -0.25) is 4.31 Å². The lowest BCUT2D eigenvalue weighted by molar-refractivity contribution is 0.355. The Balaban J connectivity index is 1.29. The molecule has 3 aliphatic rings. The van der Waals surface area contributed by atoms with E-state index in [4.69, 9.17) is 0 Å². The Labute approximate surface area is 179 Å². The Morgan fingerprint density at radius 3 is 2.67 bits per heavy atom. The number of sulfonamides is 1. The Morgan fingerprint density at radius 2 is 1.87 bits per heavy atom. The van der Waals surface area contributed by atoms with E-state index in [2.05, 4.69) is 22.8 Å². The third-order valence-electron chi connectivity index (χ3n) is 6.86. The zero-order valence-corrected chi connectivity index (χ0v) is 18.2. The summed E-state index contributed by atoms with van der Waals surface area (Å²) in [5.41, 5.74) is 3.38. The summed E-state index contributed by atoms with van der Waals surface area (Å²) in [6, 6.07) is 15.8. The molecule has 0 amide bonds. The predicted molar refractivity (Wildman–Crippen MR) is 120 cm³/mol. The van der Waals surface area contributed by atoms with E-state index in [0.717, 1.165) is 44.1 Å². The number of piperidine rings is 1. The number of aryl methyl sites for hydroxylation is 1. The van der Waals surface area contributed by atoms with Gasteiger partial charge in [0.05, 0.1) is 10.6 Å². The van der Waals surface area contributed by atoms with Crippen LogP contribution in [0.1, 0.15) is 42.7 Å². The van der Waals surface area contributed by atoms with Gasteiger partial charge in [-0.1, -0.05) is 30.3 Å². The van der Waals surface area contributed by atoms with Crippen LogP contribution in [0.15, 0.2) is 53.4 Å². The van der Waals surface area contributed by atoms with Crippen molar-refractivity contribution in [3.63, 3.8) is 0 Å². The van der Waals surface area contributed by atoms with Crippen molar-refractivity contribution in [3.8, 4) is 0 Å². The summed E-state index contributed by atoms with van der Waals surface area (Å²) in [5.74, 6) is 1.37. The third-order valence-corrected chi connectivity index (χ3v) is 8.68. The molecule has 0 radical (unpaired) electrons. The number of nitrogens with zero attached hydrogens (tertiary/aromatic N) is 1. The van der Waals surface area contributed by atoms with Gasteiger partial charge in [0.25, 0.3) is 10.0 Å². The molecule has 2 N–H and O–H groups in total. The summed E-state index contributed by atoms with van der Waals surface area (Å²) in [6.45, 7) is 3.96. The average molecular weight is 426 g/mol. The molecule has 2 atom stereocenters. The van der Waals surface area contributed by atoms with Gasteiger partial charge in [0.1, 0.15) is 0 Å². The lowest BCUT2D eigenvalue weighted by Crippen LogP contribution is -2.35. The molecule has 5 nitrogen and oxygen atoms in total. The average Bonchev–Trinajstić information content (AvgIpc) is 3.58. The fraction of sp³-hybridized carbons (Fsp3) is 0.500. The van der Waals surface area contributed by atoms with E-state index in [1.165, 1.54) is 30.4 Å². The second kappa shape index (κ2) is 8.33. The van der Waals surface area contributed by atoms with Crippen LogP contribution in [0, 0.1) is 5.92 Å². The first-order valence-corrected chi connectivity index (χ1v) is 12.7. The zero-order valence-electron chi connectivity index (χ0n) is 17.4. The summed E-state index contributed by atoms with van der Waals surface area (Å²) < 4.78 is 28.0. The van der Waals surface area contributed by atoms with Crippen LogP contribution in [0.5, 0.6) is 0 Å². The topological polar surface area (TPSA) is 61.4 Å². The number of nitrogens with one attached hydrogen (secondary N) is 2. The number of hydrogen-bond acceptors (Lipinski definition) is 4. The molecule has 5 rings (SSSR count). The largest absolute Gasteiger partial charge is 0.317 e. The fourth-order valence-electron chi connectivity index (χ4n) is 4.98. The van der Waals surface area contributed by atoms with Gasteiger partial charge < -0.3 is 10.6 Å². The molecule has 2 heterocycles. The molecule has 1 saturated carbocycles. The van der Waals surface area contributed by atoms with Crippen LogP contribution in [0.2, 0.25) is 0 Å². The van der Waals surface area contributed by atoms with Gasteiger partial charge in [0.15, 0.2) is 0 Å². The van der Waals surface area contributed by atoms with Crippen molar-refractivity contribution < 1.29 is 8.42 Å². The molecule has 0 spiro atoms. The van der Waals surface area contributed by atoms with Crippen LogP contribution in [0.4, 0.5) is 5.69 Å². The maximum atomic E-state index is 13.2. The van der Waals surface area contributed by atoms with E-state index in [1.54, 1.807) is 28.6 Å². The zero-order chi connectivity index (χ0) is 20.6. The highest BCUT2D eigenvalue weighted by Gasteiger charge is 2.39. The van der Waals surface area contributed by atoms with Gasteiger partial charge in [0.2, 0.25) is 0 Å². The summed E-state index contributed by atoms with van der Waals surface area (Å²) in [4.78, 5) is 0.367. The highest BCUT2D eigenvalue weighted by atomic mass is 32.2. The van der Waals surface area contributed by atoms with Gasteiger partial charge in [-0.15, -0.1) is 0 Å². The number of hydrogen-bond donors (Lipinski definition) is 2. The Morgan fingerprint density at radius 1 is 1.07 bits per heavy atom. The van der Waals surface area contributed by atoms with Crippen LogP contribution in [0.25, 0.3) is 0 Å².